The number of ether oxygens (including phenoxy) is 2. The summed E-state index contributed by atoms with van der Waals surface area (Å²) in [4.78, 5) is 23.0. The quantitative estimate of drug-likeness (QED) is 0.184. The van der Waals surface area contributed by atoms with Crippen LogP contribution in [0.2, 0.25) is 0 Å². The minimum Gasteiger partial charge on any atom is -0.497 e. The van der Waals surface area contributed by atoms with Crippen LogP contribution in [-0.4, -0.2) is 84.8 Å². The summed E-state index contributed by atoms with van der Waals surface area (Å²) < 4.78 is 10.6. The second-order valence-electron chi connectivity index (χ2n) is 9.15. The molecular formula is C28H36N8O4. The number of hydrogen-bond acceptors (Lipinski definition) is 12. The largest absolute Gasteiger partial charge is 0.497 e. The Bertz CT molecular complexity index is 1280. The molecule has 2 aromatic heterocycles. The maximum absolute atomic E-state index is 9.41. The van der Waals surface area contributed by atoms with Gasteiger partial charge in [-0.2, -0.15) is 9.97 Å². The van der Waals surface area contributed by atoms with Gasteiger partial charge in [-0.05, 0) is 35.4 Å². The van der Waals surface area contributed by atoms with Gasteiger partial charge in [0.05, 0.1) is 27.4 Å². The number of aromatic nitrogens is 4. The molecule has 40 heavy (non-hydrogen) atoms. The molecule has 0 atom stereocenters. The van der Waals surface area contributed by atoms with Crippen LogP contribution in [0.25, 0.3) is 11.0 Å². The van der Waals surface area contributed by atoms with E-state index < -0.39 is 0 Å². The highest BCUT2D eigenvalue weighted by molar-refractivity contribution is 5.95. The fourth-order valence-electron chi connectivity index (χ4n) is 4.17. The van der Waals surface area contributed by atoms with Crippen molar-refractivity contribution in [3.8, 4) is 11.5 Å². The third-order valence-corrected chi connectivity index (χ3v) is 6.18. The lowest BCUT2D eigenvalue weighted by Gasteiger charge is -2.24. The Kier molecular flexibility index (Phi) is 9.71. The van der Waals surface area contributed by atoms with Crippen LogP contribution in [0.5, 0.6) is 11.5 Å². The Labute approximate surface area is 233 Å². The first-order chi connectivity index (χ1) is 19.4. The topological polar surface area (TPSA) is 141 Å². The first-order valence-corrected chi connectivity index (χ1v) is 12.9. The van der Waals surface area contributed by atoms with E-state index in [1.807, 2.05) is 72.4 Å². The third kappa shape index (κ3) is 6.96. The van der Waals surface area contributed by atoms with Gasteiger partial charge in [-0.15, -0.1) is 0 Å². The Balaban J connectivity index is 1.79. The molecule has 4 aromatic rings. The third-order valence-electron chi connectivity index (χ3n) is 6.18. The van der Waals surface area contributed by atoms with Gasteiger partial charge in [-0.1, -0.05) is 24.3 Å². The van der Waals surface area contributed by atoms with Gasteiger partial charge in [0.15, 0.2) is 11.6 Å². The zero-order chi connectivity index (χ0) is 28.5. The van der Waals surface area contributed by atoms with Gasteiger partial charge in [-0.3, -0.25) is 0 Å². The van der Waals surface area contributed by atoms with Gasteiger partial charge >= 0.3 is 0 Å². The van der Waals surface area contributed by atoms with Crippen molar-refractivity contribution in [2.45, 2.75) is 13.1 Å². The van der Waals surface area contributed by atoms with Crippen molar-refractivity contribution in [3.63, 3.8) is 0 Å². The van der Waals surface area contributed by atoms with Crippen molar-refractivity contribution in [3.05, 3.63) is 59.7 Å². The van der Waals surface area contributed by atoms with E-state index in [9.17, 15) is 10.2 Å². The number of methoxy groups -OCH3 is 2. The lowest BCUT2D eigenvalue weighted by atomic mass is 10.2. The number of nitrogens with one attached hydrogen (secondary N) is 2. The van der Waals surface area contributed by atoms with Crippen LogP contribution in [0.3, 0.4) is 0 Å². The second kappa shape index (κ2) is 13.6. The van der Waals surface area contributed by atoms with Gasteiger partial charge < -0.3 is 40.1 Å². The van der Waals surface area contributed by atoms with Gasteiger partial charge in [-0.25, -0.2) is 9.97 Å². The first-order valence-electron chi connectivity index (χ1n) is 12.9. The average Bonchev–Trinajstić information content (AvgIpc) is 2.98. The van der Waals surface area contributed by atoms with E-state index >= 15 is 0 Å². The molecule has 0 bridgehead atoms. The van der Waals surface area contributed by atoms with E-state index in [0.29, 0.717) is 60.7 Å². The molecule has 0 aliphatic carbocycles. The maximum atomic E-state index is 9.41. The SMILES string of the molecule is COc1ccc(CN(C)c2nc(NCCO)nc3c(N(C)Cc4ccc(OC)cc4)nc(NCCO)nc23)cc1. The number of rotatable bonds is 14. The summed E-state index contributed by atoms with van der Waals surface area (Å²) in [6.07, 6.45) is 0. The first kappa shape index (κ1) is 28.6. The molecule has 212 valence electrons. The van der Waals surface area contributed by atoms with Crippen LogP contribution in [0, 0.1) is 0 Å². The van der Waals surface area contributed by atoms with Crippen LogP contribution in [0.1, 0.15) is 11.1 Å². The van der Waals surface area contributed by atoms with Crippen molar-refractivity contribution in [2.75, 3.05) is 75.1 Å². The molecule has 0 fully saturated rings. The number of nitrogens with zero attached hydrogens (tertiary/aromatic N) is 6. The molecule has 0 radical (unpaired) electrons. The molecule has 0 aliphatic heterocycles. The molecule has 0 aliphatic rings. The summed E-state index contributed by atoms with van der Waals surface area (Å²) in [5.74, 6) is 3.47. The number of aliphatic hydroxyl groups excluding tert-OH is 2. The zero-order valence-corrected chi connectivity index (χ0v) is 23.3. The molecule has 2 heterocycles. The van der Waals surface area contributed by atoms with Crippen LogP contribution >= 0.6 is 0 Å². The molecule has 0 saturated carbocycles. The normalized spacial score (nSPS) is 10.8. The van der Waals surface area contributed by atoms with Crippen molar-refractivity contribution < 1.29 is 19.7 Å². The fourth-order valence-corrected chi connectivity index (χ4v) is 4.17. The number of aliphatic hydroxyl groups is 2. The molecule has 2 aromatic carbocycles. The van der Waals surface area contributed by atoms with Crippen molar-refractivity contribution in [1.82, 2.24) is 19.9 Å². The number of hydrogen-bond donors (Lipinski definition) is 4. The minimum atomic E-state index is -0.0663. The summed E-state index contributed by atoms with van der Waals surface area (Å²) in [6, 6.07) is 15.7. The summed E-state index contributed by atoms with van der Waals surface area (Å²) >= 11 is 0. The monoisotopic (exact) mass is 548 g/mol. The predicted molar refractivity (Wildman–Crippen MR) is 156 cm³/mol. The summed E-state index contributed by atoms with van der Waals surface area (Å²) in [5.41, 5.74) is 3.23. The zero-order valence-electron chi connectivity index (χ0n) is 23.3. The molecule has 0 amide bonds. The average molecular weight is 549 g/mol. The van der Waals surface area contributed by atoms with E-state index in [4.69, 9.17) is 29.4 Å². The second-order valence-corrected chi connectivity index (χ2v) is 9.15. The Morgan fingerprint density at radius 2 is 1.00 bits per heavy atom. The standard InChI is InChI=1S/C28H36N8O4/c1-35(17-19-5-9-21(39-3)10-6-19)25-23-24(32-27(33-25)29-13-15-37)26(34-28(31-23)30-14-16-38)36(2)18-20-7-11-22(40-4)12-8-20/h5-12,37-38H,13-18H2,1-4H3,(H,29,32,33)(H,30,31,34). The van der Waals surface area contributed by atoms with Crippen molar-refractivity contribution >= 4 is 34.6 Å². The van der Waals surface area contributed by atoms with E-state index in [-0.39, 0.29) is 13.2 Å². The van der Waals surface area contributed by atoms with E-state index in [0.717, 1.165) is 22.6 Å². The maximum Gasteiger partial charge on any atom is 0.225 e. The van der Waals surface area contributed by atoms with Crippen LogP contribution in [-0.2, 0) is 13.1 Å². The van der Waals surface area contributed by atoms with Crippen LogP contribution < -0.4 is 29.9 Å². The number of fused-ring (bicyclic) bond motifs is 1. The summed E-state index contributed by atoms with van der Waals surface area (Å²) in [6.45, 7) is 1.56. The summed E-state index contributed by atoms with van der Waals surface area (Å²) in [7, 11) is 7.15. The Morgan fingerprint density at radius 3 is 1.32 bits per heavy atom. The van der Waals surface area contributed by atoms with Gasteiger partial charge in [0.2, 0.25) is 11.9 Å². The smallest absolute Gasteiger partial charge is 0.225 e. The fraction of sp³-hybridized carbons (Fsp3) is 0.357. The molecule has 0 unspecified atom stereocenters. The Morgan fingerprint density at radius 1 is 0.625 bits per heavy atom. The molecule has 0 saturated heterocycles. The van der Waals surface area contributed by atoms with Crippen LogP contribution in [0.4, 0.5) is 23.5 Å². The molecule has 12 nitrogen and oxygen atoms in total. The van der Waals surface area contributed by atoms with Crippen molar-refractivity contribution in [1.29, 1.82) is 0 Å². The van der Waals surface area contributed by atoms with E-state index in [1.54, 1.807) is 14.2 Å². The van der Waals surface area contributed by atoms with Gasteiger partial charge in [0.1, 0.15) is 22.5 Å². The van der Waals surface area contributed by atoms with Crippen LogP contribution in [0.15, 0.2) is 48.5 Å². The highest BCUT2D eigenvalue weighted by Crippen LogP contribution is 2.31. The van der Waals surface area contributed by atoms with Gasteiger partial charge in [0.25, 0.3) is 0 Å². The van der Waals surface area contributed by atoms with Gasteiger partial charge in [0, 0.05) is 40.3 Å². The lowest BCUT2D eigenvalue weighted by molar-refractivity contribution is 0.310. The molecule has 0 spiro atoms. The molecule has 4 N–H and O–H groups in total. The summed E-state index contributed by atoms with van der Waals surface area (Å²) in [5, 5.41) is 25.0. The number of anilines is 4. The van der Waals surface area contributed by atoms with E-state index in [2.05, 4.69) is 10.6 Å². The highest BCUT2D eigenvalue weighted by atomic mass is 16.5. The number of benzene rings is 2. The van der Waals surface area contributed by atoms with E-state index in [1.165, 1.54) is 0 Å². The highest BCUT2D eigenvalue weighted by Gasteiger charge is 2.21. The molecular weight excluding hydrogens is 512 g/mol. The Hall–Kier alpha value is -4.42. The molecule has 4 rings (SSSR count). The molecule has 12 heteroatoms. The lowest BCUT2D eigenvalue weighted by Crippen LogP contribution is -2.23. The van der Waals surface area contributed by atoms with Crippen molar-refractivity contribution in [2.24, 2.45) is 0 Å². The predicted octanol–water partition coefficient (Wildman–Crippen LogP) is 2.52. The minimum absolute atomic E-state index is 0.0663.